The van der Waals surface area contributed by atoms with Gasteiger partial charge in [0.25, 0.3) is 0 Å². The van der Waals surface area contributed by atoms with Crippen molar-refractivity contribution < 1.29 is 9.21 Å². The molecule has 2 saturated heterocycles. The molecule has 1 spiro atoms. The second-order valence-corrected chi connectivity index (χ2v) is 9.59. The quantitative estimate of drug-likeness (QED) is 0.799. The van der Waals surface area contributed by atoms with Crippen LogP contribution in [0.4, 0.5) is 6.01 Å². The molecule has 5 nitrogen and oxygen atoms in total. The minimum absolute atomic E-state index is 0.0122. The maximum atomic E-state index is 12.3. The van der Waals surface area contributed by atoms with E-state index in [1.54, 1.807) is 52.3 Å². The lowest BCUT2D eigenvalue weighted by atomic mass is 10.2. The van der Waals surface area contributed by atoms with Gasteiger partial charge >= 0.3 is 6.01 Å². The van der Waals surface area contributed by atoms with Crippen molar-refractivity contribution in [2.75, 3.05) is 22.2 Å². The van der Waals surface area contributed by atoms with Crippen LogP contribution in [-0.4, -0.2) is 36.9 Å². The summed E-state index contributed by atoms with van der Waals surface area (Å²) in [5, 5.41) is 8.80. The molecule has 9 heteroatoms. The lowest BCUT2D eigenvalue weighted by molar-refractivity contribution is -0.115. The summed E-state index contributed by atoms with van der Waals surface area (Å²) >= 11 is 11.0. The van der Waals surface area contributed by atoms with Gasteiger partial charge in [-0.2, -0.15) is 0 Å². The van der Waals surface area contributed by atoms with Crippen molar-refractivity contribution in [3.8, 4) is 11.5 Å². The zero-order chi connectivity index (χ0) is 15.2. The van der Waals surface area contributed by atoms with E-state index in [1.165, 1.54) is 0 Å². The molecule has 0 bridgehead atoms. The van der Waals surface area contributed by atoms with Crippen LogP contribution in [0.2, 0.25) is 5.02 Å². The first-order valence-electron chi connectivity index (χ1n) is 6.52. The van der Waals surface area contributed by atoms with Crippen molar-refractivity contribution in [1.82, 2.24) is 10.2 Å². The number of halogens is 1. The van der Waals surface area contributed by atoms with Gasteiger partial charge in [-0.15, -0.1) is 40.4 Å². The highest BCUT2D eigenvalue weighted by molar-refractivity contribution is 8.36. The molecular formula is C13H10ClN3O2S3. The van der Waals surface area contributed by atoms with Crippen LogP contribution in [0, 0.1) is 0 Å². The molecule has 3 heterocycles. The van der Waals surface area contributed by atoms with E-state index >= 15 is 0 Å². The summed E-state index contributed by atoms with van der Waals surface area (Å²) in [6.45, 7) is 0. The average molecular weight is 372 g/mol. The fourth-order valence-electron chi connectivity index (χ4n) is 2.27. The van der Waals surface area contributed by atoms with Gasteiger partial charge in [0.05, 0.1) is 5.75 Å². The van der Waals surface area contributed by atoms with Crippen molar-refractivity contribution in [3.63, 3.8) is 0 Å². The summed E-state index contributed by atoms with van der Waals surface area (Å²) in [4.78, 5) is 13.9. The third-order valence-corrected chi connectivity index (χ3v) is 8.73. The van der Waals surface area contributed by atoms with Crippen molar-refractivity contribution in [3.05, 3.63) is 29.3 Å². The fourth-order valence-corrected chi connectivity index (χ4v) is 7.29. The zero-order valence-electron chi connectivity index (χ0n) is 11.2. The zero-order valence-corrected chi connectivity index (χ0v) is 14.4. The van der Waals surface area contributed by atoms with Gasteiger partial charge in [0.15, 0.2) is 3.54 Å². The molecular weight excluding hydrogens is 362 g/mol. The number of anilines is 1. The van der Waals surface area contributed by atoms with Gasteiger partial charge < -0.3 is 4.42 Å². The molecule has 0 aliphatic carbocycles. The van der Waals surface area contributed by atoms with Crippen molar-refractivity contribution >= 4 is 58.8 Å². The van der Waals surface area contributed by atoms with Gasteiger partial charge in [0, 0.05) is 22.1 Å². The number of carbonyl (C=O) groups is 1. The van der Waals surface area contributed by atoms with E-state index in [-0.39, 0.29) is 15.5 Å². The molecule has 0 radical (unpaired) electrons. The van der Waals surface area contributed by atoms with E-state index in [0.29, 0.717) is 16.7 Å². The number of aromatic nitrogens is 2. The van der Waals surface area contributed by atoms with E-state index < -0.39 is 0 Å². The molecule has 4 rings (SSSR count). The Bertz CT molecular complexity index is 716. The molecule has 2 aromatic rings. The maximum absolute atomic E-state index is 12.3. The Balaban J connectivity index is 1.68. The monoisotopic (exact) mass is 371 g/mol. The van der Waals surface area contributed by atoms with Crippen LogP contribution in [0.15, 0.2) is 28.7 Å². The Morgan fingerprint density at radius 1 is 1.14 bits per heavy atom. The Kier molecular flexibility index (Phi) is 3.80. The Morgan fingerprint density at radius 2 is 1.86 bits per heavy atom. The summed E-state index contributed by atoms with van der Waals surface area (Å²) < 4.78 is 5.40. The van der Waals surface area contributed by atoms with Crippen molar-refractivity contribution in [1.29, 1.82) is 0 Å². The molecule has 2 aliphatic rings. The van der Waals surface area contributed by atoms with Crippen LogP contribution in [0.3, 0.4) is 0 Å². The van der Waals surface area contributed by atoms with Crippen LogP contribution >= 0.6 is 46.9 Å². The van der Waals surface area contributed by atoms with Crippen molar-refractivity contribution in [2.45, 2.75) is 3.54 Å². The Labute approximate surface area is 144 Å². The fraction of sp³-hybridized carbons (Fsp3) is 0.308. The second-order valence-electron chi connectivity index (χ2n) is 4.64. The number of amides is 1. The molecule has 1 aromatic heterocycles. The number of hydrogen-bond donors (Lipinski definition) is 0. The summed E-state index contributed by atoms with van der Waals surface area (Å²) in [6, 6.07) is 7.43. The molecule has 1 aromatic carbocycles. The van der Waals surface area contributed by atoms with Crippen LogP contribution in [-0.2, 0) is 4.79 Å². The number of rotatable bonds is 2. The number of hydrogen-bond acceptors (Lipinski definition) is 7. The van der Waals surface area contributed by atoms with Gasteiger partial charge in [-0.05, 0) is 24.3 Å². The van der Waals surface area contributed by atoms with Crippen LogP contribution in [0.5, 0.6) is 0 Å². The molecule has 0 atom stereocenters. The lowest BCUT2D eigenvalue weighted by Gasteiger charge is -2.28. The number of benzene rings is 1. The second kappa shape index (κ2) is 5.67. The van der Waals surface area contributed by atoms with E-state index in [9.17, 15) is 4.79 Å². The van der Waals surface area contributed by atoms with Crippen molar-refractivity contribution in [2.24, 2.45) is 0 Å². The minimum atomic E-state index is -0.346. The average Bonchev–Trinajstić information content (AvgIpc) is 3.23. The van der Waals surface area contributed by atoms with Gasteiger partial charge in [0.2, 0.25) is 11.8 Å². The van der Waals surface area contributed by atoms with Crippen LogP contribution in [0.25, 0.3) is 11.5 Å². The van der Waals surface area contributed by atoms with Gasteiger partial charge in [0.1, 0.15) is 0 Å². The smallest absolute Gasteiger partial charge is 0.327 e. The first-order valence-corrected chi connectivity index (χ1v) is 9.86. The molecule has 0 unspecified atom stereocenters. The maximum Gasteiger partial charge on any atom is 0.327 e. The molecule has 0 saturated carbocycles. The molecule has 2 fully saturated rings. The van der Waals surface area contributed by atoms with E-state index in [4.69, 9.17) is 16.0 Å². The predicted octanol–water partition coefficient (Wildman–Crippen LogP) is 3.56. The SMILES string of the molecule is O=C1CSC2(SCCS2)N1c1nnc(-c2ccc(Cl)cc2)o1. The molecule has 114 valence electrons. The summed E-state index contributed by atoms with van der Waals surface area (Å²) in [5.41, 5.74) is 0.781. The first kappa shape index (κ1) is 14.7. The highest BCUT2D eigenvalue weighted by atomic mass is 35.5. The molecule has 1 amide bonds. The van der Waals surface area contributed by atoms with Crippen LogP contribution < -0.4 is 4.90 Å². The minimum Gasteiger partial charge on any atom is -0.403 e. The number of thioether (sulfide) groups is 3. The third-order valence-electron chi connectivity index (χ3n) is 3.25. The van der Waals surface area contributed by atoms with E-state index in [0.717, 1.165) is 17.1 Å². The van der Waals surface area contributed by atoms with E-state index in [2.05, 4.69) is 10.2 Å². The molecule has 2 aliphatic heterocycles. The summed E-state index contributed by atoms with van der Waals surface area (Å²) in [6.07, 6.45) is 0. The largest absolute Gasteiger partial charge is 0.403 e. The summed E-state index contributed by atoms with van der Waals surface area (Å²) in [7, 11) is 0. The highest BCUT2D eigenvalue weighted by Crippen LogP contribution is 2.58. The number of carbonyl (C=O) groups excluding carboxylic acids is 1. The summed E-state index contributed by atoms with van der Waals surface area (Å²) in [5.74, 6) is 2.87. The van der Waals surface area contributed by atoms with Gasteiger partial charge in [-0.25, -0.2) is 4.90 Å². The van der Waals surface area contributed by atoms with Gasteiger partial charge in [-0.1, -0.05) is 16.7 Å². The molecule has 0 N–H and O–H groups in total. The van der Waals surface area contributed by atoms with Gasteiger partial charge in [-0.3, -0.25) is 4.79 Å². The first-order chi connectivity index (χ1) is 10.7. The number of nitrogens with zero attached hydrogens (tertiary/aromatic N) is 3. The Morgan fingerprint density at radius 3 is 2.59 bits per heavy atom. The molecule has 22 heavy (non-hydrogen) atoms. The highest BCUT2D eigenvalue weighted by Gasteiger charge is 2.52. The standard InChI is InChI=1S/C13H10ClN3O2S3/c14-9-3-1-8(2-4-9)11-15-16-12(19-11)17-10(18)7-22-13(17)20-5-6-21-13/h1-4H,5-7H2. The topological polar surface area (TPSA) is 59.2 Å². The normalized spacial score (nSPS) is 20.2. The third kappa shape index (κ3) is 2.42. The predicted molar refractivity (Wildman–Crippen MR) is 92.3 cm³/mol. The van der Waals surface area contributed by atoms with E-state index in [1.807, 2.05) is 12.1 Å². The Hall–Kier alpha value is -0.830. The van der Waals surface area contributed by atoms with Crippen LogP contribution in [0.1, 0.15) is 0 Å². The lowest BCUT2D eigenvalue weighted by Crippen LogP contribution is -2.38.